The molecule has 6 heteroatoms. The monoisotopic (exact) mass is 358 g/mol. The van der Waals surface area contributed by atoms with Crippen LogP contribution in [0.2, 0.25) is 10.0 Å². The second-order valence-corrected chi connectivity index (χ2v) is 8.38. The number of aliphatic hydroxyl groups is 1. The van der Waals surface area contributed by atoms with E-state index >= 15 is 0 Å². The summed E-state index contributed by atoms with van der Waals surface area (Å²) < 4.78 is 24.6. The molecule has 0 amide bonds. The molecule has 0 aliphatic carbocycles. The lowest BCUT2D eigenvalue weighted by Gasteiger charge is -2.23. The predicted molar refractivity (Wildman–Crippen MR) is 90.0 cm³/mol. The van der Waals surface area contributed by atoms with Crippen molar-refractivity contribution in [1.82, 2.24) is 0 Å². The van der Waals surface area contributed by atoms with Gasteiger partial charge in [-0.05, 0) is 42.3 Å². The third-order valence-electron chi connectivity index (χ3n) is 3.27. The number of rotatable bonds is 5. The highest BCUT2D eigenvalue weighted by molar-refractivity contribution is 7.90. The van der Waals surface area contributed by atoms with E-state index in [1.807, 2.05) is 0 Å². The number of halogens is 2. The van der Waals surface area contributed by atoms with Crippen molar-refractivity contribution >= 4 is 33.0 Å². The Morgan fingerprint density at radius 2 is 1.41 bits per heavy atom. The number of hydrogen-bond acceptors (Lipinski definition) is 3. The lowest BCUT2D eigenvalue weighted by atomic mass is 9.98. The van der Waals surface area contributed by atoms with Gasteiger partial charge >= 0.3 is 0 Å². The largest absolute Gasteiger partial charge is 0.384 e. The van der Waals surface area contributed by atoms with Gasteiger partial charge in [0.2, 0.25) is 0 Å². The van der Waals surface area contributed by atoms with Crippen LogP contribution in [0, 0.1) is 0 Å². The molecule has 1 atom stereocenters. The first-order chi connectivity index (χ1) is 10.2. The van der Waals surface area contributed by atoms with Gasteiger partial charge in [-0.15, -0.1) is 0 Å². The van der Waals surface area contributed by atoms with E-state index < -0.39 is 15.4 Å². The van der Waals surface area contributed by atoms with Crippen molar-refractivity contribution in [3.63, 3.8) is 0 Å². The molecule has 2 aromatic rings. The quantitative estimate of drug-likeness (QED) is 0.883. The fourth-order valence-electron chi connectivity index (χ4n) is 2.21. The van der Waals surface area contributed by atoms with Crippen LogP contribution in [0.3, 0.4) is 0 Å². The highest BCUT2D eigenvalue weighted by Gasteiger charge is 2.30. The molecular formula is C16H16Cl2O3S. The van der Waals surface area contributed by atoms with E-state index in [4.69, 9.17) is 23.2 Å². The summed E-state index contributed by atoms with van der Waals surface area (Å²) in [5, 5.41) is 11.6. The molecule has 0 radical (unpaired) electrons. The molecule has 0 aliphatic heterocycles. The summed E-state index contributed by atoms with van der Waals surface area (Å²) in [5.41, 5.74) is -0.330. The first-order valence-corrected chi connectivity index (χ1v) is 9.19. The van der Waals surface area contributed by atoms with E-state index in [9.17, 15) is 13.5 Å². The van der Waals surface area contributed by atoms with E-state index in [-0.39, 0.29) is 11.5 Å². The fourth-order valence-corrected chi connectivity index (χ4v) is 4.28. The van der Waals surface area contributed by atoms with Crippen LogP contribution < -0.4 is 0 Å². The molecule has 118 valence electrons. The summed E-state index contributed by atoms with van der Waals surface area (Å²) in [6.07, 6.45) is 0. The zero-order valence-electron chi connectivity index (χ0n) is 12.0. The van der Waals surface area contributed by atoms with Crippen LogP contribution in [0.4, 0.5) is 0 Å². The molecule has 0 saturated heterocycles. The average molecular weight is 359 g/mol. The third-order valence-corrected chi connectivity index (χ3v) is 5.55. The standard InChI is InChI=1S/C16H16Cl2O3S/c1-16(19,13-4-8-15(18)9-5-13)11-22(20,21)10-12-2-6-14(17)7-3-12/h2-9,19H,10-11H2,1H3/t16-/m1/s1. The normalized spacial score (nSPS) is 14.5. The van der Waals surface area contributed by atoms with Gasteiger partial charge in [0.05, 0.1) is 11.5 Å². The minimum Gasteiger partial charge on any atom is -0.384 e. The van der Waals surface area contributed by atoms with Crippen molar-refractivity contribution in [3.8, 4) is 0 Å². The Labute approximate surface area is 140 Å². The number of hydrogen-bond donors (Lipinski definition) is 1. The van der Waals surface area contributed by atoms with Crippen LogP contribution in [0.1, 0.15) is 18.1 Å². The highest BCUT2D eigenvalue weighted by atomic mass is 35.5. The minimum absolute atomic E-state index is 0.145. The topological polar surface area (TPSA) is 54.4 Å². The average Bonchev–Trinajstić information content (AvgIpc) is 2.40. The van der Waals surface area contributed by atoms with Crippen molar-refractivity contribution in [2.24, 2.45) is 0 Å². The predicted octanol–water partition coefficient (Wildman–Crippen LogP) is 3.82. The van der Waals surface area contributed by atoms with E-state index in [0.717, 1.165) is 0 Å². The summed E-state index contributed by atoms with van der Waals surface area (Å²) in [5.74, 6) is -0.516. The molecular weight excluding hydrogens is 343 g/mol. The second kappa shape index (κ2) is 6.59. The van der Waals surface area contributed by atoms with Gasteiger partial charge in [0, 0.05) is 10.0 Å². The maximum absolute atomic E-state index is 12.3. The molecule has 2 rings (SSSR count). The summed E-state index contributed by atoms with van der Waals surface area (Å²) in [7, 11) is -3.49. The maximum Gasteiger partial charge on any atom is 0.157 e. The number of benzene rings is 2. The Kier molecular flexibility index (Phi) is 5.17. The van der Waals surface area contributed by atoms with Crippen molar-refractivity contribution < 1.29 is 13.5 Å². The number of sulfone groups is 1. The van der Waals surface area contributed by atoms with E-state index in [1.54, 1.807) is 48.5 Å². The van der Waals surface area contributed by atoms with Gasteiger partial charge in [-0.25, -0.2) is 8.42 Å². The van der Waals surface area contributed by atoms with Crippen LogP contribution in [-0.2, 0) is 21.2 Å². The molecule has 1 N–H and O–H groups in total. The van der Waals surface area contributed by atoms with Gasteiger partial charge in [-0.2, -0.15) is 0 Å². The van der Waals surface area contributed by atoms with Crippen molar-refractivity contribution in [1.29, 1.82) is 0 Å². The Hall–Kier alpha value is -1.07. The van der Waals surface area contributed by atoms with Gasteiger partial charge in [0.1, 0.15) is 5.60 Å². The summed E-state index contributed by atoms with van der Waals surface area (Å²) in [6, 6.07) is 13.1. The third kappa shape index (κ3) is 4.71. The molecule has 0 spiro atoms. The lowest BCUT2D eigenvalue weighted by molar-refractivity contribution is 0.0819. The summed E-state index contributed by atoms with van der Waals surface area (Å²) >= 11 is 11.6. The first-order valence-electron chi connectivity index (χ1n) is 6.61. The van der Waals surface area contributed by atoms with Gasteiger partial charge < -0.3 is 5.11 Å². The fraction of sp³-hybridized carbons (Fsp3) is 0.250. The van der Waals surface area contributed by atoms with Crippen LogP contribution >= 0.6 is 23.2 Å². The molecule has 0 fully saturated rings. The molecule has 0 unspecified atom stereocenters. The minimum atomic E-state index is -3.49. The van der Waals surface area contributed by atoms with E-state index in [0.29, 0.717) is 21.2 Å². The first kappa shape index (κ1) is 17.3. The van der Waals surface area contributed by atoms with E-state index in [1.165, 1.54) is 6.92 Å². The molecule has 0 aliphatic rings. The molecule has 3 nitrogen and oxygen atoms in total. The van der Waals surface area contributed by atoms with Crippen LogP contribution in [0.15, 0.2) is 48.5 Å². The van der Waals surface area contributed by atoms with Gasteiger partial charge in [-0.3, -0.25) is 0 Å². The summed E-state index contributed by atoms with van der Waals surface area (Å²) in [6.45, 7) is 1.48. The Morgan fingerprint density at radius 1 is 0.955 bits per heavy atom. The van der Waals surface area contributed by atoms with Gasteiger partial charge in [0.25, 0.3) is 0 Å². The van der Waals surface area contributed by atoms with Crippen molar-refractivity contribution in [3.05, 3.63) is 69.7 Å². The molecule has 0 saturated carbocycles. The molecule has 0 bridgehead atoms. The Bertz CT molecular complexity index is 736. The van der Waals surface area contributed by atoms with Crippen LogP contribution in [0.25, 0.3) is 0 Å². The molecule has 0 aromatic heterocycles. The zero-order valence-corrected chi connectivity index (χ0v) is 14.3. The van der Waals surface area contributed by atoms with Crippen molar-refractivity contribution in [2.45, 2.75) is 18.3 Å². The zero-order chi connectivity index (χ0) is 16.4. The highest BCUT2D eigenvalue weighted by Crippen LogP contribution is 2.25. The van der Waals surface area contributed by atoms with Crippen molar-refractivity contribution in [2.75, 3.05) is 5.75 Å². The molecule has 2 aromatic carbocycles. The smallest absolute Gasteiger partial charge is 0.157 e. The summed E-state index contributed by atoms with van der Waals surface area (Å²) in [4.78, 5) is 0. The van der Waals surface area contributed by atoms with E-state index in [2.05, 4.69) is 0 Å². The molecule has 0 heterocycles. The Morgan fingerprint density at radius 3 is 1.91 bits per heavy atom. The second-order valence-electron chi connectivity index (χ2n) is 5.44. The molecule has 22 heavy (non-hydrogen) atoms. The SMILES string of the molecule is C[C@@](O)(CS(=O)(=O)Cc1ccc(Cl)cc1)c1ccc(Cl)cc1. The van der Waals surface area contributed by atoms with Crippen LogP contribution in [0.5, 0.6) is 0 Å². The van der Waals surface area contributed by atoms with Crippen LogP contribution in [-0.4, -0.2) is 19.3 Å². The van der Waals surface area contributed by atoms with Gasteiger partial charge in [0.15, 0.2) is 9.84 Å². The van der Waals surface area contributed by atoms with Gasteiger partial charge in [-0.1, -0.05) is 47.5 Å². The maximum atomic E-state index is 12.3. The Balaban J connectivity index is 2.16. The lowest BCUT2D eigenvalue weighted by Crippen LogP contribution is -2.31.